The van der Waals surface area contributed by atoms with Gasteiger partial charge >= 0.3 is 0 Å². The van der Waals surface area contributed by atoms with Crippen molar-refractivity contribution >= 4 is 33.3 Å². The van der Waals surface area contributed by atoms with Gasteiger partial charge < -0.3 is 22.4 Å². The van der Waals surface area contributed by atoms with E-state index in [1.165, 1.54) is 0 Å². The van der Waals surface area contributed by atoms with Crippen molar-refractivity contribution in [3.63, 3.8) is 0 Å². The highest BCUT2D eigenvalue weighted by atomic mass is 28.4. The molecule has 0 aromatic carbocycles. The van der Waals surface area contributed by atoms with Gasteiger partial charge in [-0.2, -0.15) is 0 Å². The molecule has 0 spiro atoms. The van der Waals surface area contributed by atoms with Gasteiger partial charge in [0.2, 0.25) is 0 Å². The molecule has 5 nitrogen and oxygen atoms in total. The third-order valence-corrected chi connectivity index (χ3v) is 29.2. The van der Waals surface area contributed by atoms with Gasteiger partial charge in [0.05, 0.1) is 18.8 Å². The summed E-state index contributed by atoms with van der Waals surface area (Å²) in [5.74, 6) is 0. The molecule has 1 aliphatic rings. The Labute approximate surface area is 266 Å². The largest absolute Gasteiger partial charge is 0.414 e. The van der Waals surface area contributed by atoms with Crippen LogP contribution in [0, 0.1) is 0 Å². The molecule has 0 aromatic rings. The monoisotopic (exact) mass is 660 g/mol. The number of hydrogen-bond acceptors (Lipinski definition) is 5. The predicted molar refractivity (Wildman–Crippen MR) is 193 cm³/mol. The van der Waals surface area contributed by atoms with Crippen LogP contribution in [0.15, 0.2) is 12.7 Å². The summed E-state index contributed by atoms with van der Waals surface area (Å²) in [6, 6.07) is 0. The predicted octanol–water partition coefficient (Wildman–Crippen LogP) is 10.5. The molecule has 0 radical (unpaired) electrons. The fourth-order valence-corrected chi connectivity index (χ4v) is 8.91. The standard InChI is InChI=1S/C33H72O5Si4/c1-22-23-25-27(36-40(16,17)31(5,6)7)29(38-42(20,21)33(11,12)13)28(37-41(18,19)32(8,9)10)26(35-25)24-34-39(14,15)30(2,3)4/h22,25-29H,1,23-24H2,2-21H3/t25-,26?,27?,28-,29-/m1/s1. The van der Waals surface area contributed by atoms with Crippen LogP contribution in [0.3, 0.4) is 0 Å². The van der Waals surface area contributed by atoms with Crippen LogP contribution >= 0.6 is 0 Å². The molecule has 1 saturated heterocycles. The lowest BCUT2D eigenvalue weighted by Crippen LogP contribution is -2.68. The van der Waals surface area contributed by atoms with E-state index in [4.69, 9.17) is 22.4 Å². The van der Waals surface area contributed by atoms with E-state index in [1.54, 1.807) is 0 Å². The molecule has 0 bridgehead atoms. The molecular weight excluding hydrogens is 589 g/mol. The maximum absolute atomic E-state index is 7.47. The molecule has 0 aromatic heterocycles. The smallest absolute Gasteiger partial charge is 0.192 e. The molecule has 42 heavy (non-hydrogen) atoms. The Morgan fingerprint density at radius 1 is 0.524 bits per heavy atom. The third-order valence-electron chi connectivity index (χ3n) is 11.3. The summed E-state index contributed by atoms with van der Waals surface area (Å²) in [5, 5.41) is 0.219. The van der Waals surface area contributed by atoms with E-state index in [0.29, 0.717) is 13.0 Å². The van der Waals surface area contributed by atoms with Gasteiger partial charge in [-0.15, -0.1) is 6.58 Å². The second-order valence-corrected chi connectivity index (χ2v) is 37.9. The van der Waals surface area contributed by atoms with Gasteiger partial charge in [-0.1, -0.05) is 89.2 Å². The molecule has 0 amide bonds. The van der Waals surface area contributed by atoms with Crippen LogP contribution in [0.25, 0.3) is 0 Å². The Balaban J connectivity index is 3.90. The minimum atomic E-state index is -2.23. The summed E-state index contributed by atoms with van der Waals surface area (Å²) in [6.07, 6.45) is 1.42. The Kier molecular flexibility index (Phi) is 12.8. The molecule has 2 unspecified atom stereocenters. The molecule has 1 rings (SSSR count). The van der Waals surface area contributed by atoms with Gasteiger partial charge in [0, 0.05) is 0 Å². The summed E-state index contributed by atoms with van der Waals surface area (Å²) in [4.78, 5) is 0. The first-order valence-corrected chi connectivity index (χ1v) is 27.9. The first kappa shape index (κ1) is 40.4. The van der Waals surface area contributed by atoms with Gasteiger partial charge in [0.25, 0.3) is 0 Å². The van der Waals surface area contributed by atoms with Crippen molar-refractivity contribution in [2.75, 3.05) is 6.61 Å². The molecule has 5 atom stereocenters. The van der Waals surface area contributed by atoms with Gasteiger partial charge in [-0.25, -0.2) is 0 Å². The Bertz CT molecular complexity index is 888. The normalized spacial score (nSPS) is 26.0. The van der Waals surface area contributed by atoms with E-state index < -0.39 is 33.3 Å². The minimum Gasteiger partial charge on any atom is -0.414 e. The van der Waals surface area contributed by atoms with E-state index in [-0.39, 0.29) is 50.7 Å². The molecule has 9 heteroatoms. The molecule has 1 heterocycles. The van der Waals surface area contributed by atoms with E-state index in [2.05, 4.69) is 142 Å². The number of hydrogen-bond donors (Lipinski definition) is 0. The summed E-state index contributed by atoms with van der Waals surface area (Å²) in [7, 11) is -8.69. The zero-order valence-corrected chi connectivity index (χ0v) is 35.6. The molecule has 250 valence electrons. The average Bonchev–Trinajstić information content (AvgIpc) is 2.73. The lowest BCUT2D eigenvalue weighted by atomic mass is 9.93. The van der Waals surface area contributed by atoms with Crippen molar-refractivity contribution in [3.05, 3.63) is 12.7 Å². The zero-order chi connectivity index (χ0) is 33.5. The van der Waals surface area contributed by atoms with Crippen molar-refractivity contribution in [1.29, 1.82) is 0 Å². The average molecular weight is 661 g/mol. The van der Waals surface area contributed by atoms with E-state index in [0.717, 1.165) is 0 Å². The molecule has 0 aliphatic carbocycles. The highest BCUT2D eigenvalue weighted by Gasteiger charge is 2.56. The highest BCUT2D eigenvalue weighted by molar-refractivity contribution is 6.75. The van der Waals surface area contributed by atoms with Crippen molar-refractivity contribution in [2.24, 2.45) is 0 Å². The van der Waals surface area contributed by atoms with Gasteiger partial charge in [-0.3, -0.25) is 0 Å². The van der Waals surface area contributed by atoms with Crippen LogP contribution in [0.2, 0.25) is 72.5 Å². The third kappa shape index (κ3) is 9.71. The lowest BCUT2D eigenvalue weighted by Gasteiger charge is -2.55. The first-order valence-electron chi connectivity index (χ1n) is 16.3. The second kappa shape index (κ2) is 13.3. The summed E-state index contributed by atoms with van der Waals surface area (Å²) >= 11 is 0. The van der Waals surface area contributed by atoms with E-state index in [9.17, 15) is 0 Å². The SMILES string of the molecule is C=CC[C@H]1OC(CO[Si](C)(C)C(C)(C)C)[C@@H](O[Si](C)(C)C(C)(C)C)[C@H](O[Si](C)(C)C(C)(C)C)C1O[Si](C)(C)C(C)(C)C. The van der Waals surface area contributed by atoms with Crippen molar-refractivity contribution in [2.45, 2.75) is 193 Å². The van der Waals surface area contributed by atoms with Gasteiger partial charge in [0.1, 0.15) is 18.3 Å². The molecule has 0 saturated carbocycles. The summed E-state index contributed by atoms with van der Waals surface area (Å²) in [5.41, 5.74) is 0. The van der Waals surface area contributed by atoms with E-state index in [1.807, 2.05) is 6.08 Å². The Morgan fingerprint density at radius 2 is 0.833 bits per heavy atom. The quantitative estimate of drug-likeness (QED) is 0.163. The molecule has 0 N–H and O–H groups in total. The van der Waals surface area contributed by atoms with Gasteiger partial charge in [0.15, 0.2) is 33.3 Å². The second-order valence-electron chi connectivity index (χ2n) is 18.8. The molecular formula is C33H72O5Si4. The number of rotatable bonds is 11. The Hall–Kier alpha value is 0.408. The summed E-state index contributed by atoms with van der Waals surface area (Å²) < 4.78 is 36.1. The lowest BCUT2D eigenvalue weighted by molar-refractivity contribution is -0.214. The Morgan fingerprint density at radius 3 is 1.14 bits per heavy atom. The van der Waals surface area contributed by atoms with Crippen LogP contribution in [-0.4, -0.2) is 70.4 Å². The topological polar surface area (TPSA) is 46.2 Å². The van der Waals surface area contributed by atoms with Crippen molar-refractivity contribution in [1.82, 2.24) is 0 Å². The van der Waals surface area contributed by atoms with Gasteiger partial charge in [-0.05, 0) is 78.9 Å². The van der Waals surface area contributed by atoms with Crippen LogP contribution < -0.4 is 0 Å². The fraction of sp³-hybridized carbons (Fsp3) is 0.939. The van der Waals surface area contributed by atoms with Crippen LogP contribution in [0.1, 0.15) is 89.5 Å². The summed E-state index contributed by atoms with van der Waals surface area (Å²) in [6.45, 7) is 50.9. The van der Waals surface area contributed by atoms with Crippen molar-refractivity contribution < 1.29 is 22.4 Å². The highest BCUT2D eigenvalue weighted by Crippen LogP contribution is 2.46. The van der Waals surface area contributed by atoms with Crippen LogP contribution in [-0.2, 0) is 22.4 Å². The van der Waals surface area contributed by atoms with Crippen LogP contribution in [0.4, 0.5) is 0 Å². The molecule has 1 fully saturated rings. The maximum atomic E-state index is 7.47. The van der Waals surface area contributed by atoms with E-state index >= 15 is 0 Å². The first-order chi connectivity index (χ1) is 18.3. The maximum Gasteiger partial charge on any atom is 0.192 e. The minimum absolute atomic E-state index is 0.0348. The zero-order valence-electron chi connectivity index (χ0n) is 31.6. The van der Waals surface area contributed by atoms with Crippen molar-refractivity contribution in [3.8, 4) is 0 Å². The molecule has 1 aliphatic heterocycles. The fourth-order valence-electron chi connectivity index (χ4n) is 3.96. The number of ether oxygens (including phenoxy) is 1. The van der Waals surface area contributed by atoms with Crippen LogP contribution in [0.5, 0.6) is 0 Å².